The molecule has 6 nitrogen and oxygen atoms in total. The number of benzene rings is 2. The van der Waals surface area contributed by atoms with Crippen molar-refractivity contribution in [3.8, 4) is 6.07 Å². The van der Waals surface area contributed by atoms with Gasteiger partial charge in [-0.15, -0.1) is 0 Å². The summed E-state index contributed by atoms with van der Waals surface area (Å²) in [6.45, 7) is 3.72. The Morgan fingerprint density at radius 2 is 1.96 bits per heavy atom. The number of aromatic nitrogens is 2. The zero-order valence-electron chi connectivity index (χ0n) is 16.1. The number of nitrogens with zero attached hydrogens (tertiary/aromatic N) is 4. The number of nitrogens with one attached hydrogen (secondary N) is 1. The van der Waals surface area contributed by atoms with Gasteiger partial charge >= 0.3 is 0 Å². The Bertz CT molecular complexity index is 985. The van der Waals surface area contributed by atoms with Gasteiger partial charge in [0.05, 0.1) is 30.2 Å². The van der Waals surface area contributed by atoms with E-state index in [1.807, 2.05) is 61.1 Å². The third-order valence-corrected chi connectivity index (χ3v) is 4.69. The highest BCUT2D eigenvalue weighted by Crippen LogP contribution is 2.17. The lowest BCUT2D eigenvalue weighted by atomic mass is 10.1. The summed E-state index contributed by atoms with van der Waals surface area (Å²) in [5.41, 5.74) is 4.33. The third-order valence-electron chi connectivity index (χ3n) is 4.69. The predicted molar refractivity (Wildman–Crippen MR) is 109 cm³/mol. The van der Waals surface area contributed by atoms with Crippen molar-refractivity contribution >= 4 is 11.6 Å². The van der Waals surface area contributed by atoms with Gasteiger partial charge in [0.2, 0.25) is 0 Å². The number of imidazole rings is 1. The van der Waals surface area contributed by atoms with Gasteiger partial charge in [0.25, 0.3) is 5.91 Å². The Morgan fingerprint density at radius 1 is 1.21 bits per heavy atom. The Morgan fingerprint density at radius 3 is 2.61 bits per heavy atom. The fourth-order valence-corrected chi connectivity index (χ4v) is 3.01. The standard InChI is InChI=1S/C22H23N5O/c1-17-5-3-4-6-21(17)22(28)25-11-12-27(15-20-14-24-16-26(20)2)19-9-7-18(13-23)8-10-19/h3-10,14,16H,11-12,15H2,1-2H3,(H,25,28). The monoisotopic (exact) mass is 373 g/mol. The van der Waals surface area contributed by atoms with Crippen LogP contribution in [0.5, 0.6) is 0 Å². The molecule has 0 atom stereocenters. The molecule has 0 unspecified atom stereocenters. The Kier molecular flexibility index (Phi) is 6.07. The van der Waals surface area contributed by atoms with Gasteiger partial charge in [-0.05, 0) is 42.8 Å². The molecular weight excluding hydrogens is 350 g/mol. The molecule has 1 aromatic heterocycles. The van der Waals surface area contributed by atoms with E-state index < -0.39 is 0 Å². The first-order chi connectivity index (χ1) is 13.6. The van der Waals surface area contributed by atoms with Crippen LogP contribution in [-0.2, 0) is 13.6 Å². The van der Waals surface area contributed by atoms with Crippen molar-refractivity contribution in [3.63, 3.8) is 0 Å². The molecular formula is C22H23N5O. The second-order valence-corrected chi connectivity index (χ2v) is 6.65. The van der Waals surface area contributed by atoms with E-state index in [9.17, 15) is 4.79 Å². The van der Waals surface area contributed by atoms with E-state index in [1.54, 1.807) is 18.5 Å². The number of nitriles is 1. The van der Waals surface area contributed by atoms with Gasteiger partial charge in [-0.1, -0.05) is 18.2 Å². The fraction of sp³-hybridized carbons (Fsp3) is 0.227. The summed E-state index contributed by atoms with van der Waals surface area (Å²) in [4.78, 5) is 18.8. The number of amides is 1. The molecule has 0 aliphatic carbocycles. The minimum atomic E-state index is -0.0709. The van der Waals surface area contributed by atoms with Crippen molar-refractivity contribution in [1.82, 2.24) is 14.9 Å². The molecule has 2 aromatic carbocycles. The normalized spacial score (nSPS) is 10.3. The molecule has 0 aliphatic rings. The van der Waals surface area contributed by atoms with Gasteiger partial charge in [0, 0.05) is 37.6 Å². The highest BCUT2D eigenvalue weighted by atomic mass is 16.1. The Labute approximate surface area is 165 Å². The van der Waals surface area contributed by atoms with E-state index in [0.717, 1.165) is 16.9 Å². The molecule has 0 aliphatic heterocycles. The van der Waals surface area contributed by atoms with E-state index in [4.69, 9.17) is 5.26 Å². The van der Waals surface area contributed by atoms with Crippen molar-refractivity contribution in [2.75, 3.05) is 18.0 Å². The first-order valence-electron chi connectivity index (χ1n) is 9.12. The maximum atomic E-state index is 12.5. The highest BCUT2D eigenvalue weighted by Gasteiger charge is 2.12. The minimum absolute atomic E-state index is 0.0709. The summed E-state index contributed by atoms with van der Waals surface area (Å²) >= 11 is 0. The van der Waals surface area contributed by atoms with Crippen molar-refractivity contribution < 1.29 is 4.79 Å². The van der Waals surface area contributed by atoms with Crippen LogP contribution < -0.4 is 10.2 Å². The topological polar surface area (TPSA) is 74.0 Å². The summed E-state index contributed by atoms with van der Waals surface area (Å²) < 4.78 is 1.97. The second-order valence-electron chi connectivity index (χ2n) is 6.65. The number of hydrogen-bond acceptors (Lipinski definition) is 4. The lowest BCUT2D eigenvalue weighted by Crippen LogP contribution is -2.35. The number of aryl methyl sites for hydroxylation is 2. The quantitative estimate of drug-likeness (QED) is 0.691. The zero-order chi connectivity index (χ0) is 19.9. The number of anilines is 1. The molecule has 0 spiro atoms. The molecule has 1 amide bonds. The first-order valence-corrected chi connectivity index (χ1v) is 9.12. The Hall–Kier alpha value is -3.59. The third kappa shape index (κ3) is 4.57. The molecule has 0 radical (unpaired) electrons. The smallest absolute Gasteiger partial charge is 0.251 e. The zero-order valence-corrected chi connectivity index (χ0v) is 16.1. The van der Waals surface area contributed by atoms with Crippen molar-refractivity contribution in [2.45, 2.75) is 13.5 Å². The van der Waals surface area contributed by atoms with Crippen LogP contribution in [-0.4, -0.2) is 28.5 Å². The first kappa shape index (κ1) is 19.2. The van der Waals surface area contributed by atoms with Crippen LogP contribution in [0.4, 0.5) is 5.69 Å². The van der Waals surface area contributed by atoms with Gasteiger partial charge in [-0.25, -0.2) is 4.98 Å². The van der Waals surface area contributed by atoms with Crippen LogP contribution in [0.2, 0.25) is 0 Å². The molecule has 28 heavy (non-hydrogen) atoms. The summed E-state index contributed by atoms with van der Waals surface area (Å²) in [6.07, 6.45) is 3.61. The van der Waals surface area contributed by atoms with E-state index in [2.05, 4.69) is 21.3 Å². The van der Waals surface area contributed by atoms with Gasteiger partial charge < -0.3 is 14.8 Å². The molecule has 1 heterocycles. The summed E-state index contributed by atoms with van der Waals surface area (Å²) in [5.74, 6) is -0.0709. The number of carbonyl (C=O) groups excluding carboxylic acids is 1. The van der Waals surface area contributed by atoms with Crippen LogP contribution in [0.1, 0.15) is 27.2 Å². The summed E-state index contributed by atoms with van der Waals surface area (Å²) in [7, 11) is 1.96. The van der Waals surface area contributed by atoms with Gasteiger partial charge in [0.15, 0.2) is 0 Å². The number of hydrogen-bond donors (Lipinski definition) is 1. The molecule has 3 aromatic rings. The molecule has 0 saturated heterocycles. The lowest BCUT2D eigenvalue weighted by Gasteiger charge is -2.25. The van der Waals surface area contributed by atoms with E-state index >= 15 is 0 Å². The molecule has 6 heteroatoms. The maximum Gasteiger partial charge on any atom is 0.251 e. The molecule has 0 fully saturated rings. The van der Waals surface area contributed by atoms with Crippen LogP contribution in [0.3, 0.4) is 0 Å². The predicted octanol–water partition coefficient (Wildman–Crippen LogP) is 3.04. The van der Waals surface area contributed by atoms with Gasteiger partial charge in [0.1, 0.15) is 0 Å². The van der Waals surface area contributed by atoms with E-state index in [-0.39, 0.29) is 5.91 Å². The van der Waals surface area contributed by atoms with Crippen molar-refractivity contribution in [3.05, 3.63) is 83.4 Å². The highest BCUT2D eigenvalue weighted by molar-refractivity contribution is 5.95. The Balaban J connectivity index is 1.70. The minimum Gasteiger partial charge on any atom is -0.364 e. The SMILES string of the molecule is Cc1ccccc1C(=O)NCCN(Cc1cncn1C)c1ccc(C#N)cc1. The van der Waals surface area contributed by atoms with E-state index in [1.165, 1.54) is 0 Å². The van der Waals surface area contributed by atoms with Gasteiger partial charge in [-0.3, -0.25) is 4.79 Å². The van der Waals surface area contributed by atoms with E-state index in [0.29, 0.717) is 30.8 Å². The van der Waals surface area contributed by atoms with Crippen molar-refractivity contribution in [2.24, 2.45) is 7.05 Å². The largest absolute Gasteiger partial charge is 0.364 e. The molecule has 142 valence electrons. The lowest BCUT2D eigenvalue weighted by molar-refractivity contribution is 0.0954. The van der Waals surface area contributed by atoms with Crippen LogP contribution in [0, 0.1) is 18.3 Å². The van der Waals surface area contributed by atoms with Crippen molar-refractivity contribution in [1.29, 1.82) is 5.26 Å². The van der Waals surface area contributed by atoms with Gasteiger partial charge in [-0.2, -0.15) is 5.26 Å². The molecule has 3 rings (SSSR count). The summed E-state index contributed by atoms with van der Waals surface area (Å²) in [5, 5.41) is 12.0. The second kappa shape index (κ2) is 8.87. The number of rotatable bonds is 7. The maximum absolute atomic E-state index is 12.5. The van der Waals surface area contributed by atoms with Crippen LogP contribution in [0.25, 0.3) is 0 Å². The fourth-order valence-electron chi connectivity index (χ4n) is 3.01. The molecule has 0 saturated carbocycles. The number of carbonyl (C=O) groups is 1. The summed E-state index contributed by atoms with van der Waals surface area (Å²) in [6, 6.07) is 17.2. The molecule has 0 bridgehead atoms. The average Bonchev–Trinajstić information content (AvgIpc) is 3.12. The molecule has 1 N–H and O–H groups in total. The average molecular weight is 373 g/mol. The van der Waals surface area contributed by atoms with Crippen LogP contribution >= 0.6 is 0 Å². The van der Waals surface area contributed by atoms with Crippen LogP contribution in [0.15, 0.2) is 61.1 Å².